The Hall–Kier alpha value is -1.58. The van der Waals surface area contributed by atoms with Crippen molar-refractivity contribution >= 4 is 11.5 Å². The third kappa shape index (κ3) is 3.22. The second-order valence-corrected chi connectivity index (χ2v) is 4.05. The standard InChI is InChI=1S/C12H20N4/c1-4-16(8-9(2)12(13)14)11-5-6-15-10(3)7-11/h5-7,9H,4,8H2,1-3H3,(H3,13,14). The van der Waals surface area contributed by atoms with Crippen LogP contribution in [0.25, 0.3) is 0 Å². The quantitative estimate of drug-likeness (QED) is 0.587. The highest BCUT2D eigenvalue weighted by molar-refractivity contribution is 5.79. The fraction of sp³-hybridized carbons (Fsp3) is 0.500. The number of nitrogens with zero attached hydrogens (tertiary/aromatic N) is 2. The highest BCUT2D eigenvalue weighted by Crippen LogP contribution is 2.15. The van der Waals surface area contributed by atoms with E-state index in [1.54, 1.807) is 0 Å². The summed E-state index contributed by atoms with van der Waals surface area (Å²) in [5.74, 6) is 0.317. The minimum absolute atomic E-state index is 0.0772. The lowest BCUT2D eigenvalue weighted by Crippen LogP contribution is -2.34. The van der Waals surface area contributed by atoms with E-state index >= 15 is 0 Å². The van der Waals surface area contributed by atoms with Crippen LogP contribution < -0.4 is 10.6 Å². The number of hydrogen-bond donors (Lipinski definition) is 2. The van der Waals surface area contributed by atoms with Crippen molar-refractivity contribution in [2.24, 2.45) is 11.7 Å². The third-order valence-electron chi connectivity index (χ3n) is 2.65. The zero-order chi connectivity index (χ0) is 12.1. The molecule has 0 radical (unpaired) electrons. The fourth-order valence-corrected chi connectivity index (χ4v) is 1.57. The molecule has 0 amide bonds. The summed E-state index contributed by atoms with van der Waals surface area (Å²) < 4.78 is 0. The molecule has 0 aliphatic heterocycles. The van der Waals surface area contributed by atoms with Gasteiger partial charge in [-0.1, -0.05) is 6.92 Å². The van der Waals surface area contributed by atoms with Gasteiger partial charge in [0.1, 0.15) is 0 Å². The van der Waals surface area contributed by atoms with E-state index in [9.17, 15) is 0 Å². The number of anilines is 1. The smallest absolute Gasteiger partial charge is 0.0952 e. The maximum atomic E-state index is 7.41. The Bertz CT molecular complexity index is 362. The van der Waals surface area contributed by atoms with Crippen LogP contribution in [0, 0.1) is 18.3 Å². The van der Waals surface area contributed by atoms with Crippen LogP contribution in [0.1, 0.15) is 19.5 Å². The number of nitrogens with one attached hydrogen (secondary N) is 1. The van der Waals surface area contributed by atoms with E-state index in [1.807, 2.05) is 26.1 Å². The highest BCUT2D eigenvalue weighted by Gasteiger charge is 2.11. The molecule has 0 bridgehead atoms. The van der Waals surface area contributed by atoms with Gasteiger partial charge in [0.25, 0.3) is 0 Å². The van der Waals surface area contributed by atoms with E-state index in [0.29, 0.717) is 0 Å². The molecule has 1 aromatic heterocycles. The van der Waals surface area contributed by atoms with Gasteiger partial charge in [0.2, 0.25) is 0 Å². The molecule has 0 spiro atoms. The van der Waals surface area contributed by atoms with Gasteiger partial charge in [-0.3, -0.25) is 10.4 Å². The van der Waals surface area contributed by atoms with E-state index in [2.05, 4.69) is 22.9 Å². The Morgan fingerprint density at radius 3 is 2.81 bits per heavy atom. The second kappa shape index (κ2) is 5.49. The Kier molecular flexibility index (Phi) is 4.28. The van der Waals surface area contributed by atoms with Crippen LogP contribution in [0.2, 0.25) is 0 Å². The largest absolute Gasteiger partial charge is 0.387 e. The van der Waals surface area contributed by atoms with Crippen LogP contribution in [0.3, 0.4) is 0 Å². The van der Waals surface area contributed by atoms with Gasteiger partial charge >= 0.3 is 0 Å². The van der Waals surface area contributed by atoms with E-state index in [-0.39, 0.29) is 11.8 Å². The normalized spacial score (nSPS) is 12.2. The molecule has 4 heteroatoms. The molecule has 0 saturated heterocycles. The first-order valence-electron chi connectivity index (χ1n) is 5.56. The molecule has 16 heavy (non-hydrogen) atoms. The average Bonchev–Trinajstić information content (AvgIpc) is 2.25. The van der Waals surface area contributed by atoms with Crippen LogP contribution in [0.15, 0.2) is 18.3 Å². The van der Waals surface area contributed by atoms with Crippen molar-refractivity contribution in [3.63, 3.8) is 0 Å². The molecule has 4 nitrogen and oxygen atoms in total. The zero-order valence-electron chi connectivity index (χ0n) is 10.2. The number of pyridine rings is 1. The summed E-state index contributed by atoms with van der Waals surface area (Å²) in [5, 5.41) is 7.41. The first-order valence-corrected chi connectivity index (χ1v) is 5.56. The van der Waals surface area contributed by atoms with Gasteiger partial charge in [-0.15, -0.1) is 0 Å². The van der Waals surface area contributed by atoms with Crippen LogP contribution >= 0.6 is 0 Å². The van der Waals surface area contributed by atoms with Crippen molar-refractivity contribution in [1.29, 1.82) is 5.41 Å². The number of nitrogens with two attached hydrogens (primary N) is 1. The van der Waals surface area contributed by atoms with E-state index in [0.717, 1.165) is 24.5 Å². The Morgan fingerprint density at radius 1 is 1.62 bits per heavy atom. The molecule has 1 atom stereocenters. The van der Waals surface area contributed by atoms with Crippen LogP contribution in [0.5, 0.6) is 0 Å². The number of rotatable bonds is 5. The van der Waals surface area contributed by atoms with Crippen molar-refractivity contribution in [3.05, 3.63) is 24.0 Å². The topological polar surface area (TPSA) is 66.0 Å². The minimum atomic E-state index is 0.0772. The summed E-state index contributed by atoms with van der Waals surface area (Å²) in [6.07, 6.45) is 1.81. The lowest BCUT2D eigenvalue weighted by Gasteiger charge is -2.26. The number of hydrogen-bond acceptors (Lipinski definition) is 3. The van der Waals surface area contributed by atoms with Gasteiger partial charge in [0.15, 0.2) is 0 Å². The van der Waals surface area contributed by atoms with Gasteiger partial charge in [-0.25, -0.2) is 0 Å². The van der Waals surface area contributed by atoms with Crippen molar-refractivity contribution in [2.75, 3.05) is 18.0 Å². The summed E-state index contributed by atoms with van der Waals surface area (Å²) in [6.45, 7) is 7.73. The molecule has 0 aliphatic carbocycles. The van der Waals surface area contributed by atoms with Crippen molar-refractivity contribution < 1.29 is 0 Å². The first-order chi connectivity index (χ1) is 7.54. The van der Waals surface area contributed by atoms with Gasteiger partial charge in [0.05, 0.1) is 5.84 Å². The van der Waals surface area contributed by atoms with Gasteiger partial charge < -0.3 is 10.6 Å². The van der Waals surface area contributed by atoms with Crippen molar-refractivity contribution in [3.8, 4) is 0 Å². The molecule has 0 aromatic carbocycles. The van der Waals surface area contributed by atoms with Crippen molar-refractivity contribution in [2.45, 2.75) is 20.8 Å². The summed E-state index contributed by atoms with van der Waals surface area (Å²) in [5.41, 5.74) is 7.64. The minimum Gasteiger partial charge on any atom is -0.387 e. The molecular formula is C12H20N4. The highest BCUT2D eigenvalue weighted by atomic mass is 15.1. The van der Waals surface area contributed by atoms with Gasteiger partial charge in [-0.2, -0.15) is 0 Å². The fourth-order valence-electron chi connectivity index (χ4n) is 1.57. The Labute approximate surface area is 97.0 Å². The molecule has 0 fully saturated rings. The molecule has 0 aliphatic rings. The summed E-state index contributed by atoms with van der Waals surface area (Å²) >= 11 is 0. The lowest BCUT2D eigenvalue weighted by molar-refractivity contribution is 0.697. The zero-order valence-corrected chi connectivity index (χ0v) is 10.2. The van der Waals surface area contributed by atoms with Gasteiger partial charge in [0, 0.05) is 36.6 Å². The monoisotopic (exact) mass is 220 g/mol. The van der Waals surface area contributed by atoms with E-state index in [1.165, 1.54) is 0 Å². The molecule has 1 heterocycles. The second-order valence-electron chi connectivity index (χ2n) is 4.05. The molecule has 1 rings (SSSR count). The molecule has 0 saturated carbocycles. The van der Waals surface area contributed by atoms with Crippen molar-refractivity contribution in [1.82, 2.24) is 4.98 Å². The number of aryl methyl sites for hydroxylation is 1. The Morgan fingerprint density at radius 2 is 2.31 bits per heavy atom. The van der Waals surface area contributed by atoms with Crippen LogP contribution in [-0.2, 0) is 0 Å². The molecule has 1 unspecified atom stereocenters. The third-order valence-corrected chi connectivity index (χ3v) is 2.65. The first kappa shape index (κ1) is 12.5. The maximum absolute atomic E-state index is 7.41. The summed E-state index contributed by atoms with van der Waals surface area (Å²) in [7, 11) is 0. The molecule has 1 aromatic rings. The number of amidine groups is 1. The lowest BCUT2D eigenvalue weighted by atomic mass is 10.1. The van der Waals surface area contributed by atoms with E-state index < -0.39 is 0 Å². The summed E-state index contributed by atoms with van der Waals surface area (Å²) in [6, 6.07) is 4.04. The Balaban J connectivity index is 2.78. The SMILES string of the molecule is CCN(CC(C)C(=N)N)c1ccnc(C)c1. The summed E-state index contributed by atoms with van der Waals surface area (Å²) in [4.78, 5) is 6.39. The van der Waals surface area contributed by atoms with Crippen LogP contribution in [0.4, 0.5) is 5.69 Å². The predicted molar refractivity (Wildman–Crippen MR) is 67.9 cm³/mol. The molecule has 3 N–H and O–H groups in total. The number of aromatic nitrogens is 1. The maximum Gasteiger partial charge on any atom is 0.0952 e. The molecular weight excluding hydrogens is 200 g/mol. The molecule has 88 valence electrons. The average molecular weight is 220 g/mol. The predicted octanol–water partition coefficient (Wildman–Crippen LogP) is 1.79. The van der Waals surface area contributed by atoms with Crippen LogP contribution in [-0.4, -0.2) is 23.9 Å². The van der Waals surface area contributed by atoms with E-state index in [4.69, 9.17) is 11.1 Å². The van der Waals surface area contributed by atoms with Gasteiger partial charge in [-0.05, 0) is 26.0 Å².